The van der Waals surface area contributed by atoms with Gasteiger partial charge in [-0.15, -0.1) is 0 Å². The third-order valence-corrected chi connectivity index (χ3v) is 4.60. The molecule has 0 radical (unpaired) electrons. The highest BCUT2D eigenvalue weighted by atomic mass is 16.5. The largest absolute Gasteiger partial charge is 0.494 e. The minimum Gasteiger partial charge on any atom is -0.494 e. The Morgan fingerprint density at radius 2 is 2.00 bits per heavy atom. The summed E-state index contributed by atoms with van der Waals surface area (Å²) < 4.78 is 7.55. The number of anilines is 1. The van der Waals surface area contributed by atoms with E-state index in [9.17, 15) is 0 Å². The van der Waals surface area contributed by atoms with Crippen molar-refractivity contribution in [3.63, 3.8) is 0 Å². The normalized spacial score (nSPS) is 13.6. The van der Waals surface area contributed by atoms with Crippen molar-refractivity contribution in [2.24, 2.45) is 0 Å². The van der Waals surface area contributed by atoms with Crippen LogP contribution >= 0.6 is 0 Å². The van der Waals surface area contributed by atoms with Crippen LogP contribution in [0.1, 0.15) is 29.8 Å². The van der Waals surface area contributed by atoms with Gasteiger partial charge in [-0.25, -0.2) is 4.68 Å². The fourth-order valence-electron chi connectivity index (χ4n) is 3.37. The lowest BCUT2D eigenvalue weighted by Gasteiger charge is -2.12. The molecule has 0 amide bonds. The lowest BCUT2D eigenvalue weighted by molar-refractivity contribution is 0.412. The van der Waals surface area contributed by atoms with Crippen molar-refractivity contribution in [2.45, 2.75) is 25.7 Å². The Morgan fingerprint density at radius 1 is 1.12 bits per heavy atom. The fraction of sp³-hybridized carbons (Fsp3) is 0.300. The van der Waals surface area contributed by atoms with Crippen molar-refractivity contribution in [2.75, 3.05) is 19.0 Å². The zero-order valence-electron chi connectivity index (χ0n) is 14.4. The highest BCUT2D eigenvalue weighted by Crippen LogP contribution is 2.32. The molecule has 1 aromatic carbocycles. The number of pyridine rings is 1. The van der Waals surface area contributed by atoms with Gasteiger partial charge in [-0.1, -0.05) is 18.2 Å². The van der Waals surface area contributed by atoms with E-state index in [0.717, 1.165) is 48.0 Å². The van der Waals surface area contributed by atoms with Gasteiger partial charge in [0.05, 0.1) is 12.8 Å². The Labute approximate surface area is 147 Å². The first-order valence-electron chi connectivity index (χ1n) is 8.75. The van der Waals surface area contributed by atoms with Crippen LogP contribution in [-0.2, 0) is 12.8 Å². The molecule has 1 N–H and O–H groups in total. The van der Waals surface area contributed by atoms with E-state index in [0.29, 0.717) is 0 Å². The smallest absolute Gasteiger partial charge is 0.144 e. The van der Waals surface area contributed by atoms with E-state index in [-0.39, 0.29) is 0 Å². The number of rotatable bonds is 4. The van der Waals surface area contributed by atoms with Crippen molar-refractivity contribution < 1.29 is 4.74 Å². The lowest BCUT2D eigenvalue weighted by atomic mass is 10.1. The predicted octanol–water partition coefficient (Wildman–Crippen LogP) is 3.61. The minimum atomic E-state index is 0.743. The van der Waals surface area contributed by atoms with E-state index in [1.165, 1.54) is 18.4 Å². The van der Waals surface area contributed by atoms with Crippen LogP contribution < -0.4 is 10.1 Å². The van der Waals surface area contributed by atoms with E-state index < -0.39 is 0 Å². The Kier molecular flexibility index (Phi) is 4.37. The van der Waals surface area contributed by atoms with Gasteiger partial charge in [0, 0.05) is 30.4 Å². The maximum atomic E-state index is 5.55. The Balaban J connectivity index is 1.82. The lowest BCUT2D eigenvalue weighted by Crippen LogP contribution is -2.08. The molecule has 1 aliphatic rings. The Bertz CT molecular complexity index is 857. The van der Waals surface area contributed by atoms with Gasteiger partial charge < -0.3 is 10.1 Å². The summed E-state index contributed by atoms with van der Waals surface area (Å²) in [5.74, 6) is 1.91. The van der Waals surface area contributed by atoms with Crippen LogP contribution in [0.3, 0.4) is 0 Å². The number of nitrogens with zero attached hydrogens (tertiary/aromatic N) is 3. The summed E-state index contributed by atoms with van der Waals surface area (Å²) in [6.45, 7) is 0.969. The highest BCUT2D eigenvalue weighted by Gasteiger charge is 2.22. The molecule has 5 nitrogen and oxygen atoms in total. The first-order valence-corrected chi connectivity index (χ1v) is 8.75. The van der Waals surface area contributed by atoms with Crippen molar-refractivity contribution in [1.82, 2.24) is 14.8 Å². The summed E-state index contributed by atoms with van der Waals surface area (Å²) in [4.78, 5) is 4.47. The Morgan fingerprint density at radius 3 is 2.84 bits per heavy atom. The van der Waals surface area contributed by atoms with Crippen molar-refractivity contribution in [3.05, 3.63) is 65.6 Å². The van der Waals surface area contributed by atoms with Gasteiger partial charge in [-0.3, -0.25) is 4.98 Å². The van der Waals surface area contributed by atoms with Crippen LogP contribution in [0.2, 0.25) is 0 Å². The summed E-state index contributed by atoms with van der Waals surface area (Å²) in [7, 11) is 1.70. The number of nitrogens with one attached hydrogen (secondary N) is 1. The Hall–Kier alpha value is -2.82. The monoisotopic (exact) mass is 334 g/mol. The number of methoxy groups -OCH3 is 1. The molecule has 0 atom stereocenters. The quantitative estimate of drug-likeness (QED) is 0.792. The molecular weight excluding hydrogens is 312 g/mol. The van der Waals surface area contributed by atoms with Gasteiger partial charge in [0.1, 0.15) is 17.3 Å². The predicted molar refractivity (Wildman–Crippen MR) is 98.6 cm³/mol. The summed E-state index contributed by atoms with van der Waals surface area (Å²) in [5, 5.41) is 8.52. The maximum Gasteiger partial charge on any atom is 0.144 e. The average Bonchev–Trinajstić information content (AvgIpc) is 2.84. The first-order chi connectivity index (χ1) is 12.4. The van der Waals surface area contributed by atoms with Crippen LogP contribution in [0.5, 0.6) is 5.75 Å². The van der Waals surface area contributed by atoms with Crippen molar-refractivity contribution >= 4 is 5.82 Å². The number of fused-ring (bicyclic) bond motifs is 1. The molecule has 128 valence electrons. The number of aromatic nitrogens is 3. The molecular formula is C20H22N4O. The van der Waals surface area contributed by atoms with Crippen LogP contribution in [-0.4, -0.2) is 28.4 Å². The van der Waals surface area contributed by atoms with Crippen LogP contribution in [0.15, 0.2) is 48.7 Å². The third-order valence-electron chi connectivity index (χ3n) is 4.60. The van der Waals surface area contributed by atoms with Crippen LogP contribution in [0.4, 0.5) is 5.82 Å². The maximum absolute atomic E-state index is 5.55. The van der Waals surface area contributed by atoms with E-state index >= 15 is 0 Å². The molecule has 0 bridgehead atoms. The molecule has 0 aliphatic carbocycles. The molecule has 0 saturated carbocycles. The number of ether oxygens (including phenoxy) is 1. The summed E-state index contributed by atoms with van der Waals surface area (Å²) in [6, 6.07) is 14.0. The van der Waals surface area contributed by atoms with Crippen LogP contribution in [0.25, 0.3) is 5.69 Å². The average molecular weight is 334 g/mol. The fourth-order valence-corrected chi connectivity index (χ4v) is 3.37. The highest BCUT2D eigenvalue weighted by molar-refractivity contribution is 5.58. The minimum absolute atomic E-state index is 0.743. The van der Waals surface area contributed by atoms with E-state index in [1.54, 1.807) is 7.11 Å². The van der Waals surface area contributed by atoms with Gasteiger partial charge in [0.15, 0.2) is 0 Å². The zero-order chi connectivity index (χ0) is 17.1. The van der Waals surface area contributed by atoms with Gasteiger partial charge in [0.2, 0.25) is 0 Å². The van der Waals surface area contributed by atoms with Crippen molar-refractivity contribution in [3.8, 4) is 11.4 Å². The molecule has 25 heavy (non-hydrogen) atoms. The molecule has 0 saturated heterocycles. The van der Waals surface area contributed by atoms with Gasteiger partial charge in [0.25, 0.3) is 0 Å². The zero-order valence-corrected chi connectivity index (χ0v) is 14.4. The van der Waals surface area contributed by atoms with Gasteiger partial charge in [-0.2, -0.15) is 5.10 Å². The SMILES string of the molecule is COc1ccccc1-n1nc(Cc2ccccn2)c2c1NCCCC2. The van der Waals surface area contributed by atoms with Gasteiger partial charge >= 0.3 is 0 Å². The summed E-state index contributed by atoms with van der Waals surface area (Å²) >= 11 is 0. The second kappa shape index (κ2) is 6.97. The first kappa shape index (κ1) is 15.7. The topological polar surface area (TPSA) is 52.0 Å². The molecule has 1 aliphatic heterocycles. The second-order valence-electron chi connectivity index (χ2n) is 6.24. The number of hydrogen-bond donors (Lipinski definition) is 1. The molecule has 4 rings (SSSR count). The molecule has 0 fully saturated rings. The van der Waals surface area contributed by atoms with E-state index in [1.807, 2.05) is 47.3 Å². The van der Waals surface area contributed by atoms with Crippen LogP contribution in [0, 0.1) is 0 Å². The molecule has 3 aromatic rings. The standard InChI is InChI=1S/C20H22N4O/c1-25-19-11-3-2-10-18(19)24-20-16(9-5-7-13-22-20)17(23-24)14-15-8-4-6-12-21-15/h2-4,6,8,10-12,22H,5,7,9,13-14H2,1H3. The molecule has 5 heteroatoms. The number of benzene rings is 1. The number of para-hydroxylation sites is 2. The summed E-state index contributed by atoms with van der Waals surface area (Å²) in [5.41, 5.74) is 4.39. The van der Waals surface area contributed by atoms with Crippen molar-refractivity contribution in [1.29, 1.82) is 0 Å². The van der Waals surface area contributed by atoms with E-state index in [2.05, 4.69) is 16.4 Å². The van der Waals surface area contributed by atoms with Gasteiger partial charge in [-0.05, 0) is 43.5 Å². The molecule has 2 aromatic heterocycles. The molecule has 0 unspecified atom stereocenters. The van der Waals surface area contributed by atoms with E-state index in [4.69, 9.17) is 9.84 Å². The third kappa shape index (κ3) is 3.09. The summed E-state index contributed by atoms with van der Waals surface area (Å²) in [6.07, 6.45) is 5.96. The second-order valence-corrected chi connectivity index (χ2v) is 6.24. The number of hydrogen-bond acceptors (Lipinski definition) is 4. The molecule has 0 spiro atoms. The molecule has 3 heterocycles.